The zero-order chi connectivity index (χ0) is 21.2. The Morgan fingerprint density at radius 2 is 1.63 bits per heavy atom. The molecule has 0 spiro atoms. The molecule has 1 aromatic heterocycles. The summed E-state index contributed by atoms with van der Waals surface area (Å²) in [5.41, 5.74) is 5.52. The molecule has 0 amide bonds. The van der Waals surface area contributed by atoms with E-state index in [1.54, 1.807) is 12.1 Å². The van der Waals surface area contributed by atoms with Gasteiger partial charge in [0.1, 0.15) is 13.0 Å². The third-order valence-corrected chi connectivity index (χ3v) is 5.91. The number of furan rings is 1. The Kier molecular flexibility index (Phi) is 7.30. The van der Waals surface area contributed by atoms with Crippen LogP contribution < -0.4 is 5.73 Å². The van der Waals surface area contributed by atoms with Gasteiger partial charge in [-0.2, -0.15) is 0 Å². The van der Waals surface area contributed by atoms with E-state index in [9.17, 15) is 27.6 Å². The summed E-state index contributed by atoms with van der Waals surface area (Å²) < 4.78 is 33.0. The van der Waals surface area contributed by atoms with Gasteiger partial charge < -0.3 is 14.9 Å². The van der Waals surface area contributed by atoms with Crippen LogP contribution in [0, 0.1) is 0 Å². The van der Waals surface area contributed by atoms with Crippen LogP contribution in [0.1, 0.15) is 49.0 Å². The number of ether oxygens (including phenoxy) is 1. The van der Waals surface area contributed by atoms with Gasteiger partial charge in [-0.05, 0) is 6.07 Å². The number of benzene rings is 1. The first-order valence-corrected chi connectivity index (χ1v) is 10.5. The number of fused-ring (bicyclic) bond motifs is 2. The minimum absolute atomic E-state index is 0. The van der Waals surface area contributed by atoms with Gasteiger partial charge in [-0.25, -0.2) is 8.42 Å². The minimum Gasteiger partial charge on any atom is -0.464 e. The highest BCUT2D eigenvalue weighted by Crippen LogP contribution is 2.30. The third-order valence-electron chi connectivity index (χ3n) is 4.27. The molecule has 1 heterocycles. The molecule has 2 N–H and O–H groups in total. The Bertz CT molecular complexity index is 1070. The van der Waals surface area contributed by atoms with Crippen LogP contribution in [0.4, 0.5) is 0 Å². The second-order valence-electron chi connectivity index (χ2n) is 6.32. The Hall–Kier alpha value is -2.82. The van der Waals surface area contributed by atoms with Crippen LogP contribution in [-0.4, -0.2) is 56.4 Å². The number of hydrogen-bond acceptors (Lipinski definition) is 9. The summed E-state index contributed by atoms with van der Waals surface area (Å²) in [4.78, 5) is 49.1. The van der Waals surface area contributed by atoms with Gasteiger partial charge in [-0.3, -0.25) is 19.2 Å². The highest BCUT2D eigenvalue weighted by Gasteiger charge is 2.34. The summed E-state index contributed by atoms with van der Waals surface area (Å²) in [6.07, 6.45) is -0.724. The summed E-state index contributed by atoms with van der Waals surface area (Å²) in [6.45, 7) is -0.450. The Labute approximate surface area is 177 Å². The fraction of sp³-hybridized carbons (Fsp3) is 0.263. The zero-order valence-electron chi connectivity index (χ0n) is 15.6. The Balaban J connectivity index is 0.00000320. The molecule has 0 atom stereocenters. The van der Waals surface area contributed by atoms with Gasteiger partial charge in [0.2, 0.25) is 11.6 Å². The van der Waals surface area contributed by atoms with Gasteiger partial charge >= 0.3 is 5.97 Å². The van der Waals surface area contributed by atoms with E-state index in [2.05, 4.69) is 0 Å². The maximum Gasteiger partial charge on any atom is 0.313 e. The second-order valence-corrected chi connectivity index (χ2v) is 8.62. The first-order valence-electron chi connectivity index (χ1n) is 8.65. The molecule has 2 aromatic rings. The lowest BCUT2D eigenvalue weighted by Crippen LogP contribution is -2.22. The van der Waals surface area contributed by atoms with Crippen molar-refractivity contribution < 1.29 is 36.7 Å². The van der Waals surface area contributed by atoms with Gasteiger partial charge in [-0.15, -0.1) is 12.4 Å². The van der Waals surface area contributed by atoms with E-state index >= 15 is 0 Å². The lowest BCUT2D eigenvalue weighted by Gasteiger charge is -2.11. The highest BCUT2D eigenvalue weighted by atomic mass is 35.5. The number of ketones is 3. The van der Waals surface area contributed by atoms with Crippen LogP contribution in [0.25, 0.3) is 0 Å². The molecule has 1 aromatic carbocycles. The number of rotatable bonds is 8. The molecule has 0 saturated carbocycles. The van der Waals surface area contributed by atoms with Gasteiger partial charge in [0.15, 0.2) is 27.1 Å². The largest absolute Gasteiger partial charge is 0.464 e. The molecular weight excluding hydrogens is 438 g/mol. The van der Waals surface area contributed by atoms with Crippen molar-refractivity contribution in [2.45, 2.75) is 6.42 Å². The first-order chi connectivity index (χ1) is 13.7. The average molecular weight is 456 g/mol. The van der Waals surface area contributed by atoms with Crippen LogP contribution in [0.2, 0.25) is 0 Å². The van der Waals surface area contributed by atoms with Crippen molar-refractivity contribution in [1.29, 1.82) is 0 Å². The van der Waals surface area contributed by atoms with Crippen molar-refractivity contribution >= 4 is 45.6 Å². The summed E-state index contributed by atoms with van der Waals surface area (Å²) in [6, 6.07) is 7.34. The second kappa shape index (κ2) is 9.33. The Morgan fingerprint density at radius 3 is 2.27 bits per heavy atom. The van der Waals surface area contributed by atoms with E-state index in [1.807, 2.05) is 0 Å². The van der Waals surface area contributed by atoms with E-state index in [-0.39, 0.29) is 52.9 Å². The molecule has 0 saturated heterocycles. The zero-order valence-corrected chi connectivity index (χ0v) is 17.2. The molecule has 0 radical (unpaired) electrons. The topological polar surface area (TPSA) is 151 Å². The summed E-state index contributed by atoms with van der Waals surface area (Å²) >= 11 is 0. The van der Waals surface area contributed by atoms with E-state index in [0.717, 1.165) is 6.07 Å². The molecule has 0 fully saturated rings. The normalized spacial score (nSPS) is 12.6. The van der Waals surface area contributed by atoms with E-state index < -0.39 is 51.9 Å². The quantitative estimate of drug-likeness (QED) is 0.297. The first kappa shape index (κ1) is 23.5. The molecule has 0 bridgehead atoms. The number of hydrogen-bond donors (Lipinski definition) is 1. The summed E-state index contributed by atoms with van der Waals surface area (Å²) in [5.74, 6) is -3.93. The molecular formula is C19H18ClNO8S. The molecule has 30 heavy (non-hydrogen) atoms. The fourth-order valence-electron chi connectivity index (χ4n) is 2.85. The summed E-state index contributed by atoms with van der Waals surface area (Å²) in [7, 11) is -3.43. The number of carbonyl (C=O) groups excluding carboxylic acids is 4. The molecule has 9 nitrogen and oxygen atoms in total. The van der Waals surface area contributed by atoms with Gasteiger partial charge in [0.05, 0.1) is 17.1 Å². The van der Waals surface area contributed by atoms with Crippen molar-refractivity contribution in [2.24, 2.45) is 5.73 Å². The number of sulfone groups is 1. The molecule has 160 valence electrons. The lowest BCUT2D eigenvalue weighted by atomic mass is 9.88. The number of nitrogens with two attached hydrogens (primary N) is 1. The molecule has 0 aliphatic heterocycles. The van der Waals surface area contributed by atoms with Crippen LogP contribution in [0.15, 0.2) is 34.7 Å². The maximum absolute atomic E-state index is 12.5. The number of carbonyl (C=O) groups is 4. The van der Waals surface area contributed by atoms with Gasteiger partial charge in [-0.1, -0.05) is 24.3 Å². The van der Waals surface area contributed by atoms with Crippen molar-refractivity contribution in [3.05, 3.63) is 58.5 Å². The van der Waals surface area contributed by atoms with Crippen molar-refractivity contribution in [3.63, 3.8) is 0 Å². The van der Waals surface area contributed by atoms with E-state index in [0.29, 0.717) is 0 Å². The van der Waals surface area contributed by atoms with E-state index in [1.165, 1.54) is 12.1 Å². The predicted molar refractivity (Wildman–Crippen MR) is 107 cm³/mol. The lowest BCUT2D eigenvalue weighted by molar-refractivity contribution is -0.141. The van der Waals surface area contributed by atoms with Crippen molar-refractivity contribution in [1.82, 2.24) is 0 Å². The molecule has 1 aliphatic rings. The number of esters is 1. The van der Waals surface area contributed by atoms with Gasteiger partial charge in [0.25, 0.3) is 0 Å². The molecule has 0 unspecified atom stereocenters. The SMILES string of the molecule is Cl.NCCS(=O)(=O)CCOC(=O)CC(=O)c1cc2c(o1)C(=O)c1ccccc1C2=O. The highest BCUT2D eigenvalue weighted by molar-refractivity contribution is 7.91. The van der Waals surface area contributed by atoms with Crippen molar-refractivity contribution in [3.8, 4) is 0 Å². The van der Waals surface area contributed by atoms with Crippen LogP contribution in [0.5, 0.6) is 0 Å². The van der Waals surface area contributed by atoms with Crippen molar-refractivity contribution in [2.75, 3.05) is 24.7 Å². The smallest absolute Gasteiger partial charge is 0.313 e. The third kappa shape index (κ3) is 4.84. The standard InChI is InChI=1S/C19H17NO8S.ClH/c20-5-7-29(25,26)8-6-27-16(22)10-14(21)15-9-13-17(23)11-3-1-2-4-12(11)18(24)19(13)28-15;/h1-4,9H,5-8,10,20H2;1H. The molecule has 1 aliphatic carbocycles. The predicted octanol–water partition coefficient (Wildman–Crippen LogP) is 0.966. The number of Topliss-reactive ketones (excluding diaryl/α,β-unsaturated/α-hetero) is 1. The molecule has 11 heteroatoms. The monoisotopic (exact) mass is 455 g/mol. The maximum atomic E-state index is 12.5. The molecule has 3 rings (SSSR count). The van der Waals surface area contributed by atoms with Crippen LogP contribution in [0.3, 0.4) is 0 Å². The van der Waals surface area contributed by atoms with E-state index in [4.69, 9.17) is 14.9 Å². The average Bonchev–Trinajstić information content (AvgIpc) is 3.12. The van der Waals surface area contributed by atoms with Crippen LogP contribution in [-0.2, 0) is 19.4 Å². The number of halogens is 1. The van der Waals surface area contributed by atoms with Gasteiger partial charge in [0, 0.05) is 17.7 Å². The van der Waals surface area contributed by atoms with Crippen LogP contribution >= 0.6 is 12.4 Å². The fourth-order valence-corrected chi connectivity index (χ4v) is 3.75. The minimum atomic E-state index is -3.43. The Morgan fingerprint density at radius 1 is 1.00 bits per heavy atom. The summed E-state index contributed by atoms with van der Waals surface area (Å²) in [5, 5.41) is 0.